The first-order chi connectivity index (χ1) is 8.47. The Bertz CT molecular complexity index is 477. The van der Waals surface area contributed by atoms with Gasteiger partial charge in [0.25, 0.3) is 5.91 Å². The summed E-state index contributed by atoms with van der Waals surface area (Å²) in [7, 11) is 0. The van der Waals surface area contributed by atoms with Gasteiger partial charge in [0.15, 0.2) is 0 Å². The SMILES string of the molecule is Cc1cc(C(=O)N(CC(=O)O)CC2CC2)c(C)s1. The fraction of sp³-hybridized carbons (Fsp3) is 0.538. The molecule has 1 amide bonds. The van der Waals surface area contributed by atoms with Crippen LogP contribution in [0.2, 0.25) is 0 Å². The lowest BCUT2D eigenvalue weighted by atomic mass is 10.2. The summed E-state index contributed by atoms with van der Waals surface area (Å²) < 4.78 is 0. The maximum absolute atomic E-state index is 12.3. The highest BCUT2D eigenvalue weighted by Gasteiger charge is 2.29. The number of amides is 1. The van der Waals surface area contributed by atoms with Crippen molar-refractivity contribution >= 4 is 23.2 Å². The number of carbonyl (C=O) groups is 2. The Labute approximate surface area is 110 Å². The number of carbonyl (C=O) groups excluding carboxylic acids is 1. The summed E-state index contributed by atoms with van der Waals surface area (Å²) in [6, 6.07) is 1.85. The number of carboxylic acids is 1. The Morgan fingerprint density at radius 2 is 2.11 bits per heavy atom. The van der Waals surface area contributed by atoms with Gasteiger partial charge in [-0.3, -0.25) is 9.59 Å². The van der Waals surface area contributed by atoms with Crippen LogP contribution >= 0.6 is 11.3 Å². The summed E-state index contributed by atoms with van der Waals surface area (Å²) in [4.78, 5) is 26.7. The molecular weight excluding hydrogens is 250 g/mol. The Balaban J connectivity index is 2.15. The van der Waals surface area contributed by atoms with Crippen molar-refractivity contribution in [2.45, 2.75) is 26.7 Å². The molecule has 0 bridgehead atoms. The quantitative estimate of drug-likeness (QED) is 0.890. The van der Waals surface area contributed by atoms with E-state index in [1.165, 1.54) is 4.90 Å². The standard InChI is InChI=1S/C13H17NO3S/c1-8-5-11(9(2)18-8)13(17)14(7-12(15)16)6-10-3-4-10/h5,10H,3-4,6-7H2,1-2H3,(H,15,16). The lowest BCUT2D eigenvalue weighted by Gasteiger charge is -2.20. The Morgan fingerprint density at radius 3 is 2.56 bits per heavy atom. The van der Waals surface area contributed by atoms with Crippen molar-refractivity contribution in [3.63, 3.8) is 0 Å². The van der Waals surface area contributed by atoms with E-state index in [0.717, 1.165) is 22.6 Å². The smallest absolute Gasteiger partial charge is 0.323 e. The number of nitrogens with zero attached hydrogens (tertiary/aromatic N) is 1. The van der Waals surface area contributed by atoms with Gasteiger partial charge in [0.05, 0.1) is 5.56 Å². The zero-order chi connectivity index (χ0) is 13.3. The molecule has 4 nitrogen and oxygen atoms in total. The topological polar surface area (TPSA) is 57.6 Å². The minimum absolute atomic E-state index is 0.147. The molecule has 0 aliphatic heterocycles. The normalized spacial score (nSPS) is 14.6. The molecule has 1 saturated carbocycles. The third kappa shape index (κ3) is 3.10. The van der Waals surface area contributed by atoms with Gasteiger partial charge in [-0.15, -0.1) is 11.3 Å². The van der Waals surface area contributed by atoms with Gasteiger partial charge in [-0.2, -0.15) is 0 Å². The fourth-order valence-corrected chi connectivity index (χ4v) is 2.92. The van der Waals surface area contributed by atoms with E-state index in [1.807, 2.05) is 19.9 Å². The molecule has 0 saturated heterocycles. The molecular formula is C13H17NO3S. The highest BCUT2D eigenvalue weighted by molar-refractivity contribution is 7.12. The molecule has 0 radical (unpaired) electrons. The molecule has 18 heavy (non-hydrogen) atoms. The van der Waals surface area contributed by atoms with E-state index in [0.29, 0.717) is 18.0 Å². The predicted molar refractivity (Wildman–Crippen MR) is 70.1 cm³/mol. The average Bonchev–Trinajstić information content (AvgIpc) is 3.01. The number of hydrogen-bond donors (Lipinski definition) is 1. The minimum Gasteiger partial charge on any atom is -0.480 e. The first-order valence-corrected chi connectivity index (χ1v) is 6.87. The molecule has 0 aromatic carbocycles. The Morgan fingerprint density at radius 1 is 1.44 bits per heavy atom. The van der Waals surface area contributed by atoms with Gasteiger partial charge in [-0.25, -0.2) is 0 Å². The van der Waals surface area contributed by atoms with Crippen LogP contribution in [0.3, 0.4) is 0 Å². The Hall–Kier alpha value is -1.36. The fourth-order valence-electron chi connectivity index (χ4n) is 2.01. The molecule has 1 aromatic heterocycles. The highest BCUT2D eigenvalue weighted by Crippen LogP contribution is 2.31. The van der Waals surface area contributed by atoms with E-state index < -0.39 is 5.97 Å². The van der Waals surface area contributed by atoms with Gasteiger partial charge in [-0.05, 0) is 38.7 Å². The molecule has 1 aliphatic rings. The highest BCUT2D eigenvalue weighted by atomic mass is 32.1. The number of aliphatic carboxylic acids is 1. The van der Waals surface area contributed by atoms with Crippen LogP contribution in [-0.2, 0) is 4.79 Å². The molecule has 0 unspecified atom stereocenters. The molecule has 5 heteroatoms. The van der Waals surface area contributed by atoms with Crippen molar-refractivity contribution in [2.24, 2.45) is 5.92 Å². The second-order valence-electron chi connectivity index (χ2n) is 4.85. The van der Waals surface area contributed by atoms with Crippen LogP contribution in [0.1, 0.15) is 33.0 Å². The van der Waals surface area contributed by atoms with Gasteiger partial charge >= 0.3 is 5.97 Å². The third-order valence-electron chi connectivity index (χ3n) is 3.06. The lowest BCUT2D eigenvalue weighted by molar-refractivity contribution is -0.137. The number of carboxylic acid groups (broad SMARTS) is 1. The molecule has 98 valence electrons. The van der Waals surface area contributed by atoms with E-state index in [9.17, 15) is 9.59 Å². The zero-order valence-electron chi connectivity index (χ0n) is 10.6. The minimum atomic E-state index is -0.950. The van der Waals surface area contributed by atoms with Crippen molar-refractivity contribution in [2.75, 3.05) is 13.1 Å². The molecule has 1 heterocycles. The lowest BCUT2D eigenvalue weighted by Crippen LogP contribution is -2.37. The maximum Gasteiger partial charge on any atom is 0.323 e. The molecule has 1 aliphatic carbocycles. The van der Waals surface area contributed by atoms with Crippen LogP contribution in [0.25, 0.3) is 0 Å². The van der Waals surface area contributed by atoms with Crippen LogP contribution in [-0.4, -0.2) is 35.0 Å². The van der Waals surface area contributed by atoms with Gasteiger partial charge < -0.3 is 10.0 Å². The molecule has 1 aromatic rings. The second-order valence-corrected chi connectivity index (χ2v) is 6.31. The number of thiophene rings is 1. The predicted octanol–water partition coefficient (Wildman–Crippen LogP) is 2.30. The van der Waals surface area contributed by atoms with Crippen molar-refractivity contribution in [1.29, 1.82) is 0 Å². The van der Waals surface area contributed by atoms with Crippen molar-refractivity contribution in [3.8, 4) is 0 Å². The average molecular weight is 267 g/mol. The van der Waals surface area contributed by atoms with E-state index in [1.54, 1.807) is 11.3 Å². The monoisotopic (exact) mass is 267 g/mol. The van der Waals surface area contributed by atoms with E-state index in [4.69, 9.17) is 5.11 Å². The van der Waals surface area contributed by atoms with Crippen LogP contribution in [0, 0.1) is 19.8 Å². The van der Waals surface area contributed by atoms with E-state index in [2.05, 4.69) is 0 Å². The van der Waals surface area contributed by atoms with Crippen LogP contribution in [0.5, 0.6) is 0 Å². The number of hydrogen-bond acceptors (Lipinski definition) is 3. The molecule has 0 spiro atoms. The largest absolute Gasteiger partial charge is 0.480 e. The summed E-state index contributed by atoms with van der Waals surface area (Å²) in [5.41, 5.74) is 0.652. The maximum atomic E-state index is 12.3. The second kappa shape index (κ2) is 5.10. The first kappa shape index (κ1) is 13.1. The molecule has 1 N–H and O–H groups in total. The summed E-state index contributed by atoms with van der Waals surface area (Å²) >= 11 is 1.57. The van der Waals surface area contributed by atoms with E-state index >= 15 is 0 Å². The van der Waals surface area contributed by atoms with Crippen LogP contribution in [0.4, 0.5) is 0 Å². The zero-order valence-corrected chi connectivity index (χ0v) is 11.4. The molecule has 1 fully saturated rings. The summed E-state index contributed by atoms with van der Waals surface area (Å²) in [6.45, 7) is 4.22. The van der Waals surface area contributed by atoms with Crippen molar-refractivity contribution in [1.82, 2.24) is 4.90 Å². The van der Waals surface area contributed by atoms with Crippen molar-refractivity contribution < 1.29 is 14.7 Å². The van der Waals surface area contributed by atoms with Crippen LogP contribution < -0.4 is 0 Å². The van der Waals surface area contributed by atoms with Crippen molar-refractivity contribution in [3.05, 3.63) is 21.4 Å². The van der Waals surface area contributed by atoms with E-state index in [-0.39, 0.29) is 12.5 Å². The third-order valence-corrected chi connectivity index (χ3v) is 4.03. The summed E-state index contributed by atoms with van der Waals surface area (Å²) in [6.07, 6.45) is 2.20. The summed E-state index contributed by atoms with van der Waals surface area (Å²) in [5.74, 6) is -0.604. The van der Waals surface area contributed by atoms with Gasteiger partial charge in [0.2, 0.25) is 0 Å². The van der Waals surface area contributed by atoms with Gasteiger partial charge in [0, 0.05) is 16.3 Å². The van der Waals surface area contributed by atoms with Crippen LogP contribution in [0.15, 0.2) is 6.07 Å². The molecule has 0 atom stereocenters. The first-order valence-electron chi connectivity index (χ1n) is 6.05. The molecule has 2 rings (SSSR count). The number of aryl methyl sites for hydroxylation is 2. The Kier molecular flexibility index (Phi) is 3.71. The van der Waals surface area contributed by atoms with Gasteiger partial charge in [-0.1, -0.05) is 0 Å². The summed E-state index contributed by atoms with van der Waals surface area (Å²) in [5, 5.41) is 8.90. The number of rotatable bonds is 5. The van der Waals surface area contributed by atoms with Gasteiger partial charge in [0.1, 0.15) is 6.54 Å².